The fourth-order valence-electron chi connectivity index (χ4n) is 3.94. The second kappa shape index (κ2) is 6.50. The highest BCUT2D eigenvalue weighted by atomic mass is 16.3. The molecule has 0 fully saturated rings. The Hall–Kier alpha value is -3.66. The lowest BCUT2D eigenvalue weighted by molar-refractivity contribution is 0.475. The smallest absolute Gasteiger partial charge is 0.115 e. The van der Waals surface area contributed by atoms with Crippen LogP contribution in [-0.4, -0.2) is 10.2 Å². The molecule has 1 aliphatic carbocycles. The fourth-order valence-corrected chi connectivity index (χ4v) is 3.94. The molecule has 0 heterocycles. The molecule has 0 amide bonds. The standard InChI is InChI=1S/C24H20N2O2/c27-19-9-5-17(6-10-19)25-21-13-3-15-1-2-16-4-14-22(24(21)23(15)16)26-18-7-11-20(28)12-8-18/h3-14,25-28H,1-2H2. The zero-order valence-corrected chi connectivity index (χ0v) is 15.2. The van der Waals surface area contributed by atoms with Crippen molar-refractivity contribution in [2.75, 3.05) is 10.6 Å². The van der Waals surface area contributed by atoms with Crippen LogP contribution in [0.5, 0.6) is 11.5 Å². The molecule has 4 aromatic rings. The number of nitrogens with one attached hydrogen (secondary N) is 2. The van der Waals surface area contributed by atoms with Gasteiger partial charge in [0.2, 0.25) is 0 Å². The van der Waals surface area contributed by atoms with E-state index in [2.05, 4.69) is 34.9 Å². The minimum Gasteiger partial charge on any atom is -0.508 e. The Bertz CT molecular complexity index is 1080. The molecule has 1 aliphatic rings. The topological polar surface area (TPSA) is 64.5 Å². The molecule has 4 nitrogen and oxygen atoms in total. The zero-order chi connectivity index (χ0) is 19.1. The van der Waals surface area contributed by atoms with Gasteiger partial charge in [-0.15, -0.1) is 0 Å². The van der Waals surface area contributed by atoms with Crippen molar-refractivity contribution in [3.8, 4) is 11.5 Å². The van der Waals surface area contributed by atoms with E-state index in [9.17, 15) is 10.2 Å². The average Bonchev–Trinajstić information content (AvgIpc) is 3.13. The SMILES string of the molecule is Oc1ccc(Nc2ccc3c4c(ccc(Nc5ccc(O)cc5)c24)CC3)cc1. The molecule has 4 N–H and O–H groups in total. The van der Waals surface area contributed by atoms with Gasteiger partial charge in [0.25, 0.3) is 0 Å². The quantitative estimate of drug-likeness (QED) is 0.342. The van der Waals surface area contributed by atoms with Crippen molar-refractivity contribution in [1.82, 2.24) is 0 Å². The van der Waals surface area contributed by atoms with Crippen molar-refractivity contribution >= 4 is 33.5 Å². The van der Waals surface area contributed by atoms with Crippen LogP contribution in [0.4, 0.5) is 22.7 Å². The van der Waals surface area contributed by atoms with Gasteiger partial charge in [-0.25, -0.2) is 0 Å². The normalized spacial score (nSPS) is 12.3. The summed E-state index contributed by atoms with van der Waals surface area (Å²) < 4.78 is 0. The molecule has 0 saturated heterocycles. The predicted octanol–water partition coefficient (Wildman–Crippen LogP) is 5.84. The van der Waals surface area contributed by atoms with Crippen molar-refractivity contribution in [1.29, 1.82) is 0 Å². The molecule has 0 radical (unpaired) electrons. The molecule has 0 aromatic heterocycles. The predicted molar refractivity (Wildman–Crippen MR) is 114 cm³/mol. The van der Waals surface area contributed by atoms with Gasteiger partial charge in [0.05, 0.1) is 0 Å². The van der Waals surface area contributed by atoms with E-state index in [1.54, 1.807) is 24.3 Å². The second-order valence-electron chi connectivity index (χ2n) is 7.14. The molecule has 0 unspecified atom stereocenters. The van der Waals surface area contributed by atoms with E-state index in [4.69, 9.17) is 0 Å². The number of phenols is 2. The molecule has 0 bridgehead atoms. The highest BCUT2D eigenvalue weighted by molar-refractivity contribution is 6.08. The summed E-state index contributed by atoms with van der Waals surface area (Å²) in [6.07, 6.45) is 2.13. The molecular weight excluding hydrogens is 348 g/mol. The van der Waals surface area contributed by atoms with Crippen LogP contribution in [0.3, 0.4) is 0 Å². The van der Waals surface area contributed by atoms with Crippen molar-refractivity contribution < 1.29 is 10.2 Å². The Labute approximate surface area is 163 Å². The van der Waals surface area contributed by atoms with Gasteiger partial charge in [0, 0.05) is 28.1 Å². The molecule has 0 aliphatic heterocycles. The van der Waals surface area contributed by atoms with E-state index >= 15 is 0 Å². The first kappa shape index (κ1) is 16.5. The van der Waals surface area contributed by atoms with Crippen LogP contribution in [0.25, 0.3) is 10.8 Å². The minimum atomic E-state index is 0.251. The zero-order valence-electron chi connectivity index (χ0n) is 15.2. The average molecular weight is 368 g/mol. The van der Waals surface area contributed by atoms with Crippen molar-refractivity contribution in [2.24, 2.45) is 0 Å². The molecule has 4 aromatic carbocycles. The summed E-state index contributed by atoms with van der Waals surface area (Å²) in [5.74, 6) is 0.501. The Balaban J connectivity index is 1.63. The third-order valence-electron chi connectivity index (χ3n) is 5.29. The summed E-state index contributed by atoms with van der Waals surface area (Å²) in [5, 5.41) is 28.6. The maximum Gasteiger partial charge on any atom is 0.115 e. The maximum absolute atomic E-state index is 9.55. The number of aromatic hydroxyl groups is 2. The van der Waals surface area contributed by atoms with E-state index in [1.807, 2.05) is 24.3 Å². The van der Waals surface area contributed by atoms with E-state index < -0.39 is 0 Å². The summed E-state index contributed by atoms with van der Waals surface area (Å²) in [6, 6.07) is 22.8. The maximum atomic E-state index is 9.55. The minimum absolute atomic E-state index is 0.251. The Morgan fingerprint density at radius 2 is 0.929 bits per heavy atom. The van der Waals surface area contributed by atoms with E-state index in [1.165, 1.54) is 16.5 Å². The van der Waals surface area contributed by atoms with Gasteiger partial charge in [0.1, 0.15) is 11.5 Å². The highest BCUT2D eigenvalue weighted by Crippen LogP contribution is 2.41. The van der Waals surface area contributed by atoms with Crippen molar-refractivity contribution in [2.45, 2.75) is 12.8 Å². The lowest BCUT2D eigenvalue weighted by Crippen LogP contribution is -1.97. The molecule has 138 valence electrons. The van der Waals surface area contributed by atoms with E-state index in [0.29, 0.717) is 0 Å². The van der Waals surface area contributed by atoms with Gasteiger partial charge in [-0.2, -0.15) is 0 Å². The number of aryl methyl sites for hydroxylation is 2. The van der Waals surface area contributed by atoms with Gasteiger partial charge in [-0.05, 0) is 90.0 Å². The van der Waals surface area contributed by atoms with Crippen LogP contribution in [0, 0.1) is 0 Å². The Morgan fingerprint density at radius 1 is 0.500 bits per heavy atom. The molecule has 4 heteroatoms. The third kappa shape index (κ3) is 2.89. The first-order valence-electron chi connectivity index (χ1n) is 9.37. The number of benzene rings is 4. The highest BCUT2D eigenvalue weighted by Gasteiger charge is 2.19. The molecule has 28 heavy (non-hydrogen) atoms. The lowest BCUT2D eigenvalue weighted by Gasteiger charge is -2.17. The third-order valence-corrected chi connectivity index (χ3v) is 5.29. The van der Waals surface area contributed by atoms with Crippen LogP contribution in [-0.2, 0) is 12.8 Å². The number of rotatable bonds is 4. The monoisotopic (exact) mass is 368 g/mol. The summed E-state index contributed by atoms with van der Waals surface area (Å²) in [4.78, 5) is 0. The molecule has 0 spiro atoms. The first-order valence-corrected chi connectivity index (χ1v) is 9.37. The van der Waals surface area contributed by atoms with Crippen LogP contribution in [0.1, 0.15) is 11.1 Å². The van der Waals surface area contributed by atoms with Crippen LogP contribution in [0.15, 0.2) is 72.8 Å². The summed E-state index contributed by atoms with van der Waals surface area (Å²) in [6.45, 7) is 0. The number of phenolic OH excluding ortho intramolecular Hbond substituents is 2. The molecule has 5 rings (SSSR count). The van der Waals surface area contributed by atoms with Crippen LogP contribution < -0.4 is 10.6 Å². The Morgan fingerprint density at radius 3 is 1.36 bits per heavy atom. The van der Waals surface area contributed by atoms with Crippen LogP contribution >= 0.6 is 0 Å². The molecule has 0 atom stereocenters. The molecule has 0 saturated carbocycles. The number of anilines is 4. The van der Waals surface area contributed by atoms with Gasteiger partial charge < -0.3 is 20.8 Å². The lowest BCUT2D eigenvalue weighted by atomic mass is 10.0. The van der Waals surface area contributed by atoms with E-state index in [-0.39, 0.29) is 11.5 Å². The second-order valence-corrected chi connectivity index (χ2v) is 7.14. The fraction of sp³-hybridized carbons (Fsp3) is 0.0833. The first-order chi connectivity index (χ1) is 13.7. The summed E-state index contributed by atoms with van der Waals surface area (Å²) >= 11 is 0. The van der Waals surface area contributed by atoms with Crippen LogP contribution in [0.2, 0.25) is 0 Å². The molecular formula is C24H20N2O2. The largest absolute Gasteiger partial charge is 0.508 e. The summed E-state index contributed by atoms with van der Waals surface area (Å²) in [5.41, 5.74) is 6.63. The number of hydrogen-bond acceptors (Lipinski definition) is 4. The van der Waals surface area contributed by atoms with Crippen molar-refractivity contribution in [3.63, 3.8) is 0 Å². The van der Waals surface area contributed by atoms with Gasteiger partial charge in [-0.3, -0.25) is 0 Å². The Kier molecular flexibility index (Phi) is 3.83. The number of hydrogen-bond donors (Lipinski definition) is 4. The van der Waals surface area contributed by atoms with Gasteiger partial charge in [-0.1, -0.05) is 12.1 Å². The van der Waals surface area contributed by atoms with Gasteiger partial charge >= 0.3 is 0 Å². The van der Waals surface area contributed by atoms with Gasteiger partial charge in [0.15, 0.2) is 0 Å². The summed E-state index contributed by atoms with van der Waals surface area (Å²) in [7, 11) is 0. The van der Waals surface area contributed by atoms with E-state index in [0.717, 1.165) is 41.0 Å². The van der Waals surface area contributed by atoms with Crippen molar-refractivity contribution in [3.05, 3.63) is 83.9 Å².